The van der Waals surface area contributed by atoms with Gasteiger partial charge in [0.1, 0.15) is 0 Å². The SMILES string of the molecule is CN(Cc1ccc2c(c1)OCO2)C(=O)c1cc(-c2cccnc2)nc2ccccc12. The molecule has 4 aromatic rings. The molecule has 0 spiro atoms. The number of hydrogen-bond donors (Lipinski definition) is 0. The molecular formula is C24H19N3O3. The van der Waals surface area contributed by atoms with Crippen molar-refractivity contribution in [1.82, 2.24) is 14.9 Å². The first-order valence-electron chi connectivity index (χ1n) is 9.63. The van der Waals surface area contributed by atoms with Gasteiger partial charge in [-0.25, -0.2) is 4.98 Å². The lowest BCUT2D eigenvalue weighted by Crippen LogP contribution is -2.26. The average molecular weight is 397 g/mol. The van der Waals surface area contributed by atoms with Crippen molar-refractivity contribution in [2.45, 2.75) is 6.54 Å². The first-order valence-corrected chi connectivity index (χ1v) is 9.63. The summed E-state index contributed by atoms with van der Waals surface area (Å²) in [5.74, 6) is 1.37. The van der Waals surface area contributed by atoms with E-state index in [0.29, 0.717) is 17.9 Å². The summed E-state index contributed by atoms with van der Waals surface area (Å²) < 4.78 is 10.8. The van der Waals surface area contributed by atoms with Crippen LogP contribution in [-0.2, 0) is 6.54 Å². The zero-order valence-electron chi connectivity index (χ0n) is 16.4. The Labute approximate surface area is 173 Å². The van der Waals surface area contributed by atoms with Crippen LogP contribution in [-0.4, -0.2) is 34.6 Å². The number of fused-ring (bicyclic) bond motifs is 2. The Morgan fingerprint density at radius 3 is 2.77 bits per heavy atom. The summed E-state index contributed by atoms with van der Waals surface area (Å²) in [7, 11) is 1.80. The molecule has 1 aliphatic rings. The van der Waals surface area contributed by atoms with E-state index in [9.17, 15) is 4.79 Å². The minimum absolute atomic E-state index is 0.0728. The van der Waals surface area contributed by atoms with Crippen LogP contribution in [0.4, 0.5) is 0 Å². The molecule has 1 amide bonds. The highest BCUT2D eigenvalue weighted by Gasteiger charge is 2.19. The number of hydrogen-bond acceptors (Lipinski definition) is 5. The van der Waals surface area contributed by atoms with Crippen LogP contribution >= 0.6 is 0 Å². The first-order chi connectivity index (χ1) is 14.7. The molecule has 0 saturated heterocycles. The Balaban J connectivity index is 1.50. The highest BCUT2D eigenvalue weighted by Crippen LogP contribution is 2.33. The van der Waals surface area contributed by atoms with Gasteiger partial charge >= 0.3 is 0 Å². The second kappa shape index (κ2) is 7.48. The molecule has 5 rings (SSSR count). The van der Waals surface area contributed by atoms with Crippen molar-refractivity contribution in [3.05, 3.63) is 84.2 Å². The van der Waals surface area contributed by atoms with E-state index in [0.717, 1.165) is 33.5 Å². The van der Waals surface area contributed by atoms with Crippen molar-refractivity contribution in [3.63, 3.8) is 0 Å². The van der Waals surface area contributed by atoms with Gasteiger partial charge in [0, 0.05) is 36.9 Å². The Morgan fingerprint density at radius 2 is 1.90 bits per heavy atom. The molecule has 0 bridgehead atoms. The number of para-hydroxylation sites is 1. The number of ether oxygens (including phenoxy) is 2. The van der Waals surface area contributed by atoms with Crippen molar-refractivity contribution in [2.24, 2.45) is 0 Å². The zero-order chi connectivity index (χ0) is 20.5. The molecule has 30 heavy (non-hydrogen) atoms. The molecule has 6 heteroatoms. The second-order valence-electron chi connectivity index (χ2n) is 7.16. The Kier molecular flexibility index (Phi) is 4.52. The molecule has 148 valence electrons. The van der Waals surface area contributed by atoms with E-state index in [-0.39, 0.29) is 12.7 Å². The summed E-state index contributed by atoms with van der Waals surface area (Å²) in [4.78, 5) is 24.0. The Morgan fingerprint density at radius 1 is 1.03 bits per heavy atom. The summed E-state index contributed by atoms with van der Waals surface area (Å²) in [6.45, 7) is 0.683. The predicted molar refractivity (Wildman–Crippen MR) is 113 cm³/mol. The minimum Gasteiger partial charge on any atom is -0.454 e. The third-order valence-electron chi connectivity index (χ3n) is 5.11. The van der Waals surface area contributed by atoms with Crippen molar-refractivity contribution in [3.8, 4) is 22.8 Å². The number of carbonyl (C=O) groups excluding carboxylic acids is 1. The smallest absolute Gasteiger partial charge is 0.254 e. The van der Waals surface area contributed by atoms with Gasteiger partial charge in [0.15, 0.2) is 11.5 Å². The van der Waals surface area contributed by atoms with Crippen LogP contribution in [0.2, 0.25) is 0 Å². The number of carbonyl (C=O) groups is 1. The van der Waals surface area contributed by atoms with Crippen LogP contribution in [0.25, 0.3) is 22.2 Å². The maximum absolute atomic E-state index is 13.4. The third-order valence-corrected chi connectivity index (χ3v) is 5.11. The monoisotopic (exact) mass is 397 g/mol. The van der Waals surface area contributed by atoms with Crippen molar-refractivity contribution < 1.29 is 14.3 Å². The van der Waals surface area contributed by atoms with E-state index in [4.69, 9.17) is 14.5 Å². The fourth-order valence-electron chi connectivity index (χ4n) is 3.61. The molecule has 3 heterocycles. The number of rotatable bonds is 4. The molecule has 2 aromatic carbocycles. The van der Waals surface area contributed by atoms with Crippen molar-refractivity contribution in [2.75, 3.05) is 13.8 Å². The van der Waals surface area contributed by atoms with E-state index in [1.54, 1.807) is 24.3 Å². The predicted octanol–water partition coefficient (Wildman–Crippen LogP) is 4.30. The number of amides is 1. The van der Waals surface area contributed by atoms with Crippen LogP contribution in [0.3, 0.4) is 0 Å². The van der Waals surface area contributed by atoms with Crippen LogP contribution in [0.15, 0.2) is 73.1 Å². The van der Waals surface area contributed by atoms with Crippen molar-refractivity contribution >= 4 is 16.8 Å². The van der Waals surface area contributed by atoms with Crippen LogP contribution in [0.1, 0.15) is 15.9 Å². The fourth-order valence-corrected chi connectivity index (χ4v) is 3.61. The number of pyridine rings is 2. The van der Waals surface area contributed by atoms with Gasteiger partial charge < -0.3 is 14.4 Å². The molecule has 6 nitrogen and oxygen atoms in total. The quantitative estimate of drug-likeness (QED) is 0.514. The van der Waals surface area contributed by atoms with Gasteiger partial charge in [0.05, 0.1) is 16.8 Å². The normalized spacial score (nSPS) is 12.2. The maximum atomic E-state index is 13.4. The molecular weight excluding hydrogens is 378 g/mol. The van der Waals surface area contributed by atoms with E-state index < -0.39 is 0 Å². The van der Waals surface area contributed by atoms with Gasteiger partial charge in [-0.15, -0.1) is 0 Å². The molecule has 0 radical (unpaired) electrons. The van der Waals surface area contributed by atoms with Gasteiger partial charge in [0.25, 0.3) is 5.91 Å². The average Bonchev–Trinajstić information content (AvgIpc) is 3.26. The molecule has 0 fully saturated rings. The molecule has 1 aliphatic heterocycles. The van der Waals surface area contributed by atoms with Crippen molar-refractivity contribution in [1.29, 1.82) is 0 Å². The summed E-state index contributed by atoms with van der Waals surface area (Å²) in [6.07, 6.45) is 3.47. The summed E-state index contributed by atoms with van der Waals surface area (Å²) in [5, 5.41) is 0.827. The highest BCUT2D eigenvalue weighted by atomic mass is 16.7. The largest absolute Gasteiger partial charge is 0.454 e. The lowest BCUT2D eigenvalue weighted by molar-refractivity contribution is 0.0787. The lowest BCUT2D eigenvalue weighted by atomic mass is 10.0. The summed E-state index contributed by atoms with van der Waals surface area (Å²) in [5.41, 5.74) is 3.96. The standard InChI is InChI=1S/C24H19N3O3/c1-27(14-16-8-9-22-23(11-16)30-15-29-22)24(28)19-12-21(17-5-4-10-25-13-17)26-20-7-3-2-6-18(19)20/h2-13H,14-15H2,1H3. The zero-order valence-corrected chi connectivity index (χ0v) is 16.4. The van der Waals surface area contributed by atoms with Gasteiger partial charge in [0.2, 0.25) is 6.79 Å². The molecule has 0 N–H and O–H groups in total. The third kappa shape index (κ3) is 3.33. The molecule has 2 aromatic heterocycles. The van der Waals surface area contributed by atoms with Gasteiger partial charge in [-0.3, -0.25) is 9.78 Å². The van der Waals surface area contributed by atoms with Crippen LogP contribution < -0.4 is 9.47 Å². The highest BCUT2D eigenvalue weighted by molar-refractivity contribution is 6.07. The van der Waals surface area contributed by atoms with Gasteiger partial charge in [-0.2, -0.15) is 0 Å². The maximum Gasteiger partial charge on any atom is 0.254 e. The minimum atomic E-state index is -0.0728. The Hall–Kier alpha value is -3.93. The first kappa shape index (κ1) is 18.1. The number of nitrogens with zero attached hydrogens (tertiary/aromatic N) is 3. The van der Waals surface area contributed by atoms with Crippen LogP contribution in [0, 0.1) is 0 Å². The van der Waals surface area contributed by atoms with E-state index in [1.807, 2.05) is 60.7 Å². The van der Waals surface area contributed by atoms with Gasteiger partial charge in [-0.1, -0.05) is 24.3 Å². The van der Waals surface area contributed by atoms with E-state index in [1.165, 1.54) is 0 Å². The number of aromatic nitrogens is 2. The lowest BCUT2D eigenvalue weighted by Gasteiger charge is -2.19. The summed E-state index contributed by atoms with van der Waals surface area (Å²) in [6, 6.07) is 19.1. The molecule has 0 atom stereocenters. The van der Waals surface area contributed by atoms with Crippen LogP contribution in [0.5, 0.6) is 11.5 Å². The van der Waals surface area contributed by atoms with E-state index >= 15 is 0 Å². The summed E-state index contributed by atoms with van der Waals surface area (Å²) >= 11 is 0. The molecule has 0 saturated carbocycles. The van der Waals surface area contributed by atoms with Gasteiger partial charge in [-0.05, 0) is 42.0 Å². The molecule has 0 aliphatic carbocycles. The Bertz CT molecular complexity index is 1240. The number of benzene rings is 2. The molecule has 0 unspecified atom stereocenters. The topological polar surface area (TPSA) is 64.6 Å². The van der Waals surface area contributed by atoms with E-state index in [2.05, 4.69) is 4.98 Å². The second-order valence-corrected chi connectivity index (χ2v) is 7.16. The fraction of sp³-hybridized carbons (Fsp3) is 0.125.